The van der Waals surface area contributed by atoms with Crippen molar-refractivity contribution in [3.63, 3.8) is 0 Å². The lowest BCUT2D eigenvalue weighted by atomic mass is 10.2. The number of anilines is 1. The first kappa shape index (κ1) is 19.3. The smallest absolute Gasteiger partial charge is 0.191 e. The van der Waals surface area contributed by atoms with Crippen molar-refractivity contribution in [3.8, 4) is 0 Å². The molecule has 29 heavy (non-hydrogen) atoms. The van der Waals surface area contributed by atoms with Crippen LogP contribution in [0.4, 0.5) is 5.69 Å². The van der Waals surface area contributed by atoms with Gasteiger partial charge in [-0.2, -0.15) is 0 Å². The molecular weight excluding hydrogens is 360 g/mol. The van der Waals surface area contributed by atoms with Crippen LogP contribution in [-0.4, -0.2) is 48.7 Å². The summed E-state index contributed by atoms with van der Waals surface area (Å²) in [6, 6.07) is 17.4. The van der Waals surface area contributed by atoms with Crippen LogP contribution >= 0.6 is 0 Å². The molecule has 2 aromatic carbocycles. The number of aromatic nitrogens is 2. The number of nitrogens with zero attached hydrogens (tertiary/aromatic N) is 3. The molecule has 3 aromatic rings. The quantitative estimate of drug-likeness (QED) is 0.343. The van der Waals surface area contributed by atoms with Crippen LogP contribution in [0.25, 0.3) is 11.0 Å². The maximum atomic E-state index is 4.64. The molecule has 0 spiro atoms. The summed E-state index contributed by atoms with van der Waals surface area (Å²) in [5, 5.41) is 7.01. The van der Waals surface area contributed by atoms with Crippen LogP contribution in [0.15, 0.2) is 53.5 Å². The number of guanidine groups is 1. The predicted molar refractivity (Wildman–Crippen MR) is 121 cm³/mol. The Labute approximate surface area is 172 Å². The minimum atomic E-state index is 0.415. The van der Waals surface area contributed by atoms with Crippen LogP contribution in [0, 0.1) is 6.92 Å². The Kier molecular flexibility index (Phi) is 5.98. The van der Waals surface area contributed by atoms with Crippen LogP contribution in [0.1, 0.15) is 24.2 Å². The zero-order chi connectivity index (χ0) is 20.1. The highest BCUT2D eigenvalue weighted by atomic mass is 15.2. The molecule has 152 valence electrons. The first-order chi connectivity index (χ1) is 14.2. The molecule has 1 unspecified atom stereocenters. The normalized spacial score (nSPS) is 17.1. The molecule has 4 rings (SSSR count). The summed E-state index contributed by atoms with van der Waals surface area (Å²) in [6.07, 6.45) is 3.04. The number of aliphatic imine (C=N–C) groups is 1. The average Bonchev–Trinajstić information content (AvgIpc) is 3.37. The molecule has 1 atom stereocenters. The molecule has 1 aliphatic rings. The van der Waals surface area contributed by atoms with Crippen LogP contribution in [0.2, 0.25) is 0 Å². The van der Waals surface area contributed by atoms with Gasteiger partial charge in [-0.05, 0) is 44.0 Å². The Balaban J connectivity index is 1.21. The second kappa shape index (κ2) is 8.99. The molecule has 1 fully saturated rings. The van der Waals surface area contributed by atoms with Crippen LogP contribution in [0.5, 0.6) is 0 Å². The van der Waals surface area contributed by atoms with Gasteiger partial charge >= 0.3 is 0 Å². The molecule has 1 aliphatic heterocycles. The Morgan fingerprint density at radius 2 is 2.03 bits per heavy atom. The van der Waals surface area contributed by atoms with E-state index in [9.17, 15) is 0 Å². The van der Waals surface area contributed by atoms with E-state index in [1.54, 1.807) is 0 Å². The SMILES string of the molecule is CN=C(NCCCc1nc2ccccc2[nH]1)NC1CCN(c2ccc(C)cc2)C1. The third-order valence-electron chi connectivity index (χ3n) is 5.47. The molecule has 0 saturated carbocycles. The fraction of sp³-hybridized carbons (Fsp3) is 0.391. The summed E-state index contributed by atoms with van der Waals surface area (Å²) in [7, 11) is 1.83. The van der Waals surface area contributed by atoms with Gasteiger partial charge in [0.05, 0.1) is 11.0 Å². The van der Waals surface area contributed by atoms with Gasteiger partial charge in [-0.1, -0.05) is 29.8 Å². The number of hydrogen-bond donors (Lipinski definition) is 3. The van der Waals surface area contributed by atoms with Crippen molar-refractivity contribution in [1.82, 2.24) is 20.6 Å². The predicted octanol–water partition coefficient (Wildman–Crippen LogP) is 3.25. The molecule has 6 heteroatoms. The van der Waals surface area contributed by atoms with Gasteiger partial charge in [0.1, 0.15) is 5.82 Å². The lowest BCUT2D eigenvalue weighted by Gasteiger charge is -2.20. The third-order valence-corrected chi connectivity index (χ3v) is 5.47. The van der Waals surface area contributed by atoms with Crippen molar-refractivity contribution < 1.29 is 0 Å². The van der Waals surface area contributed by atoms with Crippen molar-refractivity contribution >= 4 is 22.7 Å². The largest absolute Gasteiger partial charge is 0.369 e. The van der Waals surface area contributed by atoms with Crippen molar-refractivity contribution in [3.05, 3.63) is 59.9 Å². The number of nitrogens with one attached hydrogen (secondary N) is 3. The van der Waals surface area contributed by atoms with E-state index in [0.29, 0.717) is 6.04 Å². The van der Waals surface area contributed by atoms with Crippen LogP contribution in [-0.2, 0) is 6.42 Å². The second-order valence-corrected chi connectivity index (χ2v) is 7.71. The van der Waals surface area contributed by atoms with E-state index in [-0.39, 0.29) is 0 Å². The van der Waals surface area contributed by atoms with Crippen LogP contribution in [0.3, 0.4) is 0 Å². The summed E-state index contributed by atoms with van der Waals surface area (Å²) in [6.45, 7) is 5.07. The number of aromatic amines is 1. The maximum Gasteiger partial charge on any atom is 0.191 e. The number of rotatable bonds is 6. The lowest BCUT2D eigenvalue weighted by Crippen LogP contribution is -2.44. The molecule has 0 bridgehead atoms. The summed E-state index contributed by atoms with van der Waals surface area (Å²) in [5.41, 5.74) is 4.74. The number of imidazole rings is 1. The highest BCUT2D eigenvalue weighted by Gasteiger charge is 2.23. The standard InChI is InChI=1S/C23H30N6/c1-17-9-11-19(12-10-17)29-15-13-18(16-29)26-23(24-2)25-14-5-8-22-27-20-6-3-4-7-21(20)28-22/h3-4,6-7,9-12,18H,5,8,13-16H2,1-2H3,(H,27,28)(H2,24,25,26). The minimum absolute atomic E-state index is 0.415. The zero-order valence-corrected chi connectivity index (χ0v) is 17.3. The van der Waals surface area contributed by atoms with Gasteiger partial charge in [0.2, 0.25) is 0 Å². The molecule has 1 aromatic heterocycles. The van der Waals surface area contributed by atoms with Crippen molar-refractivity contribution in [2.45, 2.75) is 32.2 Å². The van der Waals surface area contributed by atoms with Gasteiger partial charge in [0.15, 0.2) is 5.96 Å². The van der Waals surface area contributed by atoms with Gasteiger partial charge in [0.25, 0.3) is 0 Å². The number of H-pyrrole nitrogens is 1. The second-order valence-electron chi connectivity index (χ2n) is 7.71. The fourth-order valence-corrected chi connectivity index (χ4v) is 3.84. The van der Waals surface area contributed by atoms with Gasteiger partial charge in [-0.3, -0.25) is 4.99 Å². The molecule has 0 radical (unpaired) electrons. The highest BCUT2D eigenvalue weighted by molar-refractivity contribution is 5.80. The van der Waals surface area contributed by atoms with Crippen molar-refractivity contribution in [1.29, 1.82) is 0 Å². The highest BCUT2D eigenvalue weighted by Crippen LogP contribution is 2.20. The topological polar surface area (TPSA) is 68.3 Å². The van der Waals surface area contributed by atoms with Gasteiger partial charge in [-0.15, -0.1) is 0 Å². The van der Waals surface area contributed by atoms with Crippen molar-refractivity contribution in [2.75, 3.05) is 31.6 Å². The minimum Gasteiger partial charge on any atom is -0.369 e. The first-order valence-corrected chi connectivity index (χ1v) is 10.4. The lowest BCUT2D eigenvalue weighted by molar-refractivity contribution is 0.641. The molecule has 0 aliphatic carbocycles. The first-order valence-electron chi connectivity index (χ1n) is 10.4. The number of para-hydroxylation sites is 2. The molecule has 3 N–H and O–H groups in total. The molecular formula is C23H30N6. The Morgan fingerprint density at radius 1 is 1.21 bits per heavy atom. The number of fused-ring (bicyclic) bond motifs is 1. The number of aryl methyl sites for hydroxylation is 2. The monoisotopic (exact) mass is 390 g/mol. The number of benzene rings is 2. The van der Waals surface area contributed by atoms with E-state index < -0.39 is 0 Å². The molecule has 0 amide bonds. The van der Waals surface area contributed by atoms with Crippen LogP contribution < -0.4 is 15.5 Å². The van der Waals surface area contributed by atoms with E-state index in [4.69, 9.17) is 0 Å². The van der Waals surface area contributed by atoms with Gasteiger partial charge < -0.3 is 20.5 Å². The van der Waals surface area contributed by atoms with E-state index in [1.165, 1.54) is 11.3 Å². The Morgan fingerprint density at radius 3 is 2.83 bits per heavy atom. The molecule has 1 saturated heterocycles. The number of hydrogen-bond acceptors (Lipinski definition) is 3. The summed E-state index contributed by atoms with van der Waals surface area (Å²) < 4.78 is 0. The third kappa shape index (κ3) is 4.88. The van der Waals surface area contributed by atoms with E-state index in [0.717, 1.165) is 61.7 Å². The van der Waals surface area contributed by atoms with Gasteiger partial charge in [0, 0.05) is 44.8 Å². The average molecular weight is 391 g/mol. The summed E-state index contributed by atoms with van der Waals surface area (Å²) in [4.78, 5) is 14.9. The fourth-order valence-electron chi connectivity index (χ4n) is 3.84. The van der Waals surface area contributed by atoms with Gasteiger partial charge in [-0.25, -0.2) is 4.98 Å². The van der Waals surface area contributed by atoms with E-state index >= 15 is 0 Å². The Bertz CT molecular complexity index is 926. The zero-order valence-electron chi connectivity index (χ0n) is 17.3. The summed E-state index contributed by atoms with van der Waals surface area (Å²) in [5.74, 6) is 1.92. The molecule has 6 nitrogen and oxygen atoms in total. The molecule has 2 heterocycles. The maximum absolute atomic E-state index is 4.64. The van der Waals surface area contributed by atoms with Crippen molar-refractivity contribution in [2.24, 2.45) is 4.99 Å². The summed E-state index contributed by atoms with van der Waals surface area (Å²) >= 11 is 0. The van der Waals surface area contributed by atoms with E-state index in [2.05, 4.69) is 67.7 Å². The Hall–Kier alpha value is -3.02. The van der Waals surface area contributed by atoms with E-state index in [1.807, 2.05) is 25.2 Å².